The van der Waals surface area contributed by atoms with Crippen LogP contribution >= 0.6 is 0 Å². The molecule has 1 saturated heterocycles. The van der Waals surface area contributed by atoms with Crippen LogP contribution in [-0.2, 0) is 11.4 Å². The Morgan fingerprint density at radius 2 is 1.69 bits per heavy atom. The second-order valence-electron chi connectivity index (χ2n) is 7.70. The highest BCUT2D eigenvalue weighted by molar-refractivity contribution is 5.97. The monoisotopic (exact) mass is 433 g/mol. The van der Waals surface area contributed by atoms with Gasteiger partial charge >= 0.3 is 0 Å². The molecule has 0 saturated carbocycles. The van der Waals surface area contributed by atoms with Crippen LogP contribution in [0, 0.1) is 11.7 Å². The Balaban J connectivity index is 1.35. The van der Waals surface area contributed by atoms with E-state index in [4.69, 9.17) is 4.74 Å². The van der Waals surface area contributed by atoms with Crippen LogP contribution in [0.25, 0.3) is 0 Å². The van der Waals surface area contributed by atoms with Crippen LogP contribution in [0.15, 0.2) is 73.1 Å². The summed E-state index contributed by atoms with van der Waals surface area (Å²) < 4.78 is 19.0. The quantitative estimate of drug-likeness (QED) is 0.630. The number of benzene rings is 2. The zero-order valence-corrected chi connectivity index (χ0v) is 17.5. The van der Waals surface area contributed by atoms with Gasteiger partial charge < -0.3 is 15.0 Å². The van der Waals surface area contributed by atoms with Crippen molar-refractivity contribution in [3.05, 3.63) is 90.0 Å². The van der Waals surface area contributed by atoms with Crippen LogP contribution < -0.4 is 10.1 Å². The smallest absolute Gasteiger partial charge is 0.257 e. The molecule has 0 unspecified atom stereocenters. The number of piperidine rings is 1. The third kappa shape index (κ3) is 5.29. The molecule has 6 nitrogen and oxygen atoms in total. The van der Waals surface area contributed by atoms with Crippen molar-refractivity contribution in [2.75, 3.05) is 18.4 Å². The number of carbonyl (C=O) groups excluding carboxylic acids is 2. The van der Waals surface area contributed by atoms with Crippen molar-refractivity contribution < 1.29 is 18.7 Å². The average molecular weight is 433 g/mol. The molecule has 3 aromatic rings. The number of carbonyl (C=O) groups is 2. The predicted octanol–water partition coefficient (Wildman–Crippen LogP) is 4.29. The maximum Gasteiger partial charge on any atom is 0.257 e. The van der Waals surface area contributed by atoms with Gasteiger partial charge in [-0.05, 0) is 54.8 Å². The summed E-state index contributed by atoms with van der Waals surface area (Å²) in [6.45, 7) is 1.24. The maximum atomic E-state index is 13.1. The number of nitrogens with zero attached hydrogens (tertiary/aromatic N) is 2. The van der Waals surface area contributed by atoms with E-state index >= 15 is 0 Å². The van der Waals surface area contributed by atoms with Crippen molar-refractivity contribution >= 4 is 17.5 Å². The third-order valence-electron chi connectivity index (χ3n) is 5.53. The first-order valence-corrected chi connectivity index (χ1v) is 10.6. The molecule has 0 radical (unpaired) electrons. The van der Waals surface area contributed by atoms with Gasteiger partial charge in [0.05, 0.1) is 5.56 Å². The number of hydrogen-bond donors (Lipinski definition) is 1. The molecule has 7 heteroatoms. The summed E-state index contributed by atoms with van der Waals surface area (Å²) >= 11 is 0. The summed E-state index contributed by atoms with van der Waals surface area (Å²) in [5.41, 5.74) is 2.01. The first kappa shape index (κ1) is 21.5. The lowest BCUT2D eigenvalue weighted by Gasteiger charge is -2.31. The maximum absolute atomic E-state index is 13.1. The van der Waals surface area contributed by atoms with Crippen molar-refractivity contribution in [1.29, 1.82) is 0 Å². The van der Waals surface area contributed by atoms with Gasteiger partial charge in [-0.1, -0.05) is 24.3 Å². The minimum atomic E-state index is -0.304. The molecule has 1 aliphatic heterocycles. The fraction of sp³-hybridized carbons (Fsp3) is 0.240. The normalized spacial score (nSPS) is 14.1. The molecule has 0 spiro atoms. The van der Waals surface area contributed by atoms with E-state index in [-0.39, 0.29) is 30.2 Å². The van der Waals surface area contributed by atoms with Gasteiger partial charge in [0.25, 0.3) is 5.91 Å². The van der Waals surface area contributed by atoms with Crippen molar-refractivity contribution in [2.45, 2.75) is 19.4 Å². The van der Waals surface area contributed by atoms with Gasteiger partial charge in [-0.2, -0.15) is 0 Å². The standard InChI is InChI=1S/C25H24FN3O3/c26-20-7-5-18(6-8-20)17-32-23-4-2-1-3-22(23)25(31)29-15-11-19(12-16-29)24(30)28-21-9-13-27-14-10-21/h1-10,13-14,19H,11-12,15-17H2,(H,27,28,30). The van der Waals surface area contributed by atoms with Crippen molar-refractivity contribution in [3.8, 4) is 5.75 Å². The highest BCUT2D eigenvalue weighted by atomic mass is 19.1. The Morgan fingerprint density at radius 1 is 1.00 bits per heavy atom. The summed E-state index contributed by atoms with van der Waals surface area (Å²) in [4.78, 5) is 31.4. The van der Waals surface area contributed by atoms with Gasteiger partial charge in [0.2, 0.25) is 5.91 Å². The van der Waals surface area contributed by atoms with E-state index in [9.17, 15) is 14.0 Å². The fourth-order valence-electron chi connectivity index (χ4n) is 3.71. The lowest BCUT2D eigenvalue weighted by Crippen LogP contribution is -2.41. The molecule has 1 N–H and O–H groups in total. The van der Waals surface area contributed by atoms with E-state index in [1.54, 1.807) is 59.8 Å². The molecule has 32 heavy (non-hydrogen) atoms. The predicted molar refractivity (Wildman–Crippen MR) is 119 cm³/mol. The number of para-hydroxylation sites is 1. The minimum absolute atomic E-state index is 0.0358. The van der Waals surface area contributed by atoms with Crippen LogP contribution in [0.5, 0.6) is 5.75 Å². The zero-order valence-electron chi connectivity index (χ0n) is 17.5. The molecule has 0 bridgehead atoms. The number of likely N-dealkylation sites (tertiary alicyclic amines) is 1. The molecule has 1 aliphatic rings. The van der Waals surface area contributed by atoms with Gasteiger partial charge in [-0.25, -0.2) is 4.39 Å². The molecule has 1 fully saturated rings. The van der Waals surface area contributed by atoms with E-state index in [1.165, 1.54) is 12.1 Å². The second-order valence-corrected chi connectivity index (χ2v) is 7.70. The zero-order chi connectivity index (χ0) is 22.3. The summed E-state index contributed by atoms with van der Waals surface area (Å²) in [5, 5.41) is 2.91. The molecule has 0 atom stereocenters. The van der Waals surface area contributed by atoms with Crippen LogP contribution in [-0.4, -0.2) is 34.8 Å². The molecule has 2 heterocycles. The molecule has 164 valence electrons. The highest BCUT2D eigenvalue weighted by Crippen LogP contribution is 2.25. The Hall–Kier alpha value is -3.74. The SMILES string of the molecule is O=C(Nc1ccncc1)C1CCN(C(=O)c2ccccc2OCc2ccc(F)cc2)CC1. The molecular weight excluding hydrogens is 409 g/mol. The van der Waals surface area contributed by atoms with Gasteiger partial charge in [-0.15, -0.1) is 0 Å². The molecule has 1 aromatic heterocycles. The number of anilines is 1. The highest BCUT2D eigenvalue weighted by Gasteiger charge is 2.29. The van der Waals surface area contributed by atoms with Gasteiger partial charge in [0.1, 0.15) is 18.2 Å². The molecule has 0 aliphatic carbocycles. The van der Waals surface area contributed by atoms with Gasteiger partial charge in [0.15, 0.2) is 0 Å². The number of halogens is 1. The van der Waals surface area contributed by atoms with Crippen LogP contribution in [0.3, 0.4) is 0 Å². The summed E-state index contributed by atoms with van der Waals surface area (Å²) in [6, 6.07) is 16.7. The number of aromatic nitrogens is 1. The fourth-order valence-corrected chi connectivity index (χ4v) is 3.71. The van der Waals surface area contributed by atoms with E-state index in [0.717, 1.165) is 11.3 Å². The largest absolute Gasteiger partial charge is 0.488 e. The first-order valence-electron chi connectivity index (χ1n) is 10.6. The lowest BCUT2D eigenvalue weighted by molar-refractivity contribution is -0.121. The lowest BCUT2D eigenvalue weighted by atomic mass is 9.95. The molecule has 2 amide bonds. The van der Waals surface area contributed by atoms with E-state index < -0.39 is 0 Å². The Labute approximate surface area is 186 Å². The number of nitrogens with one attached hydrogen (secondary N) is 1. The van der Waals surface area contributed by atoms with Crippen LogP contribution in [0.2, 0.25) is 0 Å². The Kier molecular flexibility index (Phi) is 6.75. The van der Waals surface area contributed by atoms with E-state index in [1.807, 2.05) is 6.07 Å². The van der Waals surface area contributed by atoms with Crippen LogP contribution in [0.1, 0.15) is 28.8 Å². The molecular formula is C25H24FN3O3. The minimum Gasteiger partial charge on any atom is -0.488 e. The van der Waals surface area contributed by atoms with Crippen molar-refractivity contribution in [2.24, 2.45) is 5.92 Å². The number of pyridine rings is 1. The number of rotatable bonds is 6. The average Bonchev–Trinajstić information content (AvgIpc) is 2.84. The Bertz CT molecular complexity index is 1070. The number of ether oxygens (including phenoxy) is 1. The summed E-state index contributed by atoms with van der Waals surface area (Å²) in [6.07, 6.45) is 4.46. The number of amides is 2. The van der Waals surface area contributed by atoms with Gasteiger partial charge in [0, 0.05) is 37.1 Å². The van der Waals surface area contributed by atoms with Crippen molar-refractivity contribution in [1.82, 2.24) is 9.88 Å². The molecule has 2 aromatic carbocycles. The Morgan fingerprint density at radius 3 is 2.41 bits per heavy atom. The second kappa shape index (κ2) is 10.0. The van der Waals surface area contributed by atoms with E-state index in [0.29, 0.717) is 37.2 Å². The topological polar surface area (TPSA) is 71.5 Å². The summed E-state index contributed by atoms with van der Waals surface area (Å²) in [7, 11) is 0. The first-order chi connectivity index (χ1) is 15.6. The van der Waals surface area contributed by atoms with Crippen LogP contribution in [0.4, 0.5) is 10.1 Å². The summed E-state index contributed by atoms with van der Waals surface area (Å²) in [5.74, 6) is -0.113. The van der Waals surface area contributed by atoms with Gasteiger partial charge in [-0.3, -0.25) is 14.6 Å². The molecule has 4 rings (SSSR count). The number of hydrogen-bond acceptors (Lipinski definition) is 4. The third-order valence-corrected chi connectivity index (χ3v) is 5.53. The van der Waals surface area contributed by atoms with E-state index in [2.05, 4.69) is 10.3 Å². The van der Waals surface area contributed by atoms with Crippen molar-refractivity contribution in [3.63, 3.8) is 0 Å².